The number of carboxylic acids is 1. The first-order valence-electron chi connectivity index (χ1n) is 7.79. The summed E-state index contributed by atoms with van der Waals surface area (Å²) >= 11 is 0. The zero-order chi connectivity index (χ0) is 16.5. The quantitative estimate of drug-likeness (QED) is 0.450. The van der Waals surface area contributed by atoms with Crippen LogP contribution < -0.4 is 5.32 Å². The standard InChI is InChI=1S/C17H27N3O2/c1-5-7-8-19-13(3)16(15(6-2)17(21)22)14(4)20-11-9-18-10-12-20/h6-8,18H,5,9-12H2,1-4H3,(H,21,22)/b8-7+,15-6+,16-14-,19-13+. The third kappa shape index (κ3) is 4.84. The van der Waals surface area contributed by atoms with Gasteiger partial charge in [0.25, 0.3) is 0 Å². The SMILES string of the molecule is C\C=C(C(=O)O)/C(C(/C)=N/C=C/CC)=C(/C)N1CCNCC1. The number of aliphatic carboxylic acids is 1. The van der Waals surface area contributed by atoms with Crippen molar-refractivity contribution in [3.8, 4) is 0 Å². The number of hydrogen-bond acceptors (Lipinski definition) is 4. The molecule has 1 saturated heterocycles. The molecule has 1 rings (SSSR count). The largest absolute Gasteiger partial charge is 0.478 e. The maximum absolute atomic E-state index is 11.6. The lowest BCUT2D eigenvalue weighted by molar-refractivity contribution is -0.132. The Labute approximate surface area is 133 Å². The third-order valence-electron chi connectivity index (χ3n) is 3.71. The Kier molecular flexibility index (Phi) is 7.60. The highest BCUT2D eigenvalue weighted by atomic mass is 16.4. The second-order valence-electron chi connectivity index (χ2n) is 5.21. The molecule has 0 aliphatic carbocycles. The van der Waals surface area contributed by atoms with Crippen LogP contribution in [0.1, 0.15) is 34.1 Å². The highest BCUT2D eigenvalue weighted by molar-refractivity contribution is 6.11. The minimum absolute atomic E-state index is 0.308. The van der Waals surface area contributed by atoms with Crippen molar-refractivity contribution in [2.24, 2.45) is 4.99 Å². The first kappa shape index (κ1) is 18.2. The molecule has 122 valence electrons. The smallest absolute Gasteiger partial charge is 0.336 e. The molecular formula is C17H27N3O2. The van der Waals surface area contributed by atoms with Gasteiger partial charge in [0, 0.05) is 49.4 Å². The highest BCUT2D eigenvalue weighted by Gasteiger charge is 2.21. The van der Waals surface area contributed by atoms with Crippen molar-refractivity contribution in [2.75, 3.05) is 26.2 Å². The Morgan fingerprint density at radius 2 is 1.95 bits per heavy atom. The van der Waals surface area contributed by atoms with E-state index in [-0.39, 0.29) is 0 Å². The van der Waals surface area contributed by atoms with Crippen molar-refractivity contribution < 1.29 is 9.90 Å². The van der Waals surface area contributed by atoms with Crippen LogP contribution in [0.25, 0.3) is 0 Å². The third-order valence-corrected chi connectivity index (χ3v) is 3.71. The second kappa shape index (κ2) is 9.20. The lowest BCUT2D eigenvalue weighted by Gasteiger charge is -2.32. The summed E-state index contributed by atoms with van der Waals surface area (Å²) < 4.78 is 0. The van der Waals surface area contributed by atoms with Gasteiger partial charge in [0.1, 0.15) is 0 Å². The van der Waals surface area contributed by atoms with Gasteiger partial charge < -0.3 is 15.3 Å². The summed E-state index contributed by atoms with van der Waals surface area (Å²) in [6.45, 7) is 11.2. The first-order valence-corrected chi connectivity index (χ1v) is 7.79. The van der Waals surface area contributed by atoms with Gasteiger partial charge in [0.15, 0.2) is 0 Å². The molecule has 0 bridgehead atoms. The molecule has 0 radical (unpaired) electrons. The van der Waals surface area contributed by atoms with Gasteiger partial charge in [-0.15, -0.1) is 0 Å². The molecule has 1 aliphatic heterocycles. The van der Waals surface area contributed by atoms with E-state index >= 15 is 0 Å². The number of allylic oxidation sites excluding steroid dienone is 3. The number of nitrogens with zero attached hydrogens (tertiary/aromatic N) is 2. The molecule has 5 nitrogen and oxygen atoms in total. The van der Waals surface area contributed by atoms with E-state index in [1.165, 1.54) is 0 Å². The van der Waals surface area contributed by atoms with Crippen molar-refractivity contribution in [1.82, 2.24) is 10.2 Å². The fourth-order valence-corrected chi connectivity index (χ4v) is 2.52. The predicted octanol–water partition coefficient (Wildman–Crippen LogP) is 2.58. The van der Waals surface area contributed by atoms with Gasteiger partial charge in [-0.1, -0.05) is 19.1 Å². The van der Waals surface area contributed by atoms with E-state index in [0.29, 0.717) is 5.57 Å². The Balaban J connectivity index is 3.28. The number of carboxylic acid groups (broad SMARTS) is 1. The van der Waals surface area contributed by atoms with Gasteiger partial charge in [-0.3, -0.25) is 4.99 Å². The van der Waals surface area contributed by atoms with Crippen molar-refractivity contribution in [2.45, 2.75) is 34.1 Å². The van der Waals surface area contributed by atoms with Crippen LogP contribution in [0.2, 0.25) is 0 Å². The maximum atomic E-state index is 11.6. The van der Waals surface area contributed by atoms with Crippen LogP contribution in [0.5, 0.6) is 0 Å². The molecule has 1 fully saturated rings. The van der Waals surface area contributed by atoms with Gasteiger partial charge >= 0.3 is 5.97 Å². The fraction of sp³-hybridized carbons (Fsp3) is 0.529. The van der Waals surface area contributed by atoms with E-state index in [1.54, 1.807) is 19.2 Å². The first-order chi connectivity index (χ1) is 10.5. The molecule has 22 heavy (non-hydrogen) atoms. The van der Waals surface area contributed by atoms with Crippen LogP contribution >= 0.6 is 0 Å². The van der Waals surface area contributed by atoms with Crippen molar-refractivity contribution in [3.05, 3.63) is 35.2 Å². The van der Waals surface area contributed by atoms with Gasteiger partial charge in [0.2, 0.25) is 0 Å². The number of carbonyl (C=O) groups is 1. The van der Waals surface area contributed by atoms with Crippen molar-refractivity contribution in [3.63, 3.8) is 0 Å². The molecule has 2 N–H and O–H groups in total. The normalized spacial score (nSPS) is 18.6. The maximum Gasteiger partial charge on any atom is 0.336 e. The van der Waals surface area contributed by atoms with Crippen LogP contribution in [-0.2, 0) is 4.79 Å². The highest BCUT2D eigenvalue weighted by Crippen LogP contribution is 2.21. The number of aliphatic imine (C=N–C) groups is 1. The van der Waals surface area contributed by atoms with E-state index < -0.39 is 5.97 Å². The van der Waals surface area contributed by atoms with E-state index in [1.807, 2.05) is 26.8 Å². The summed E-state index contributed by atoms with van der Waals surface area (Å²) in [5.41, 5.74) is 2.74. The average Bonchev–Trinajstić information content (AvgIpc) is 2.52. The Hall–Kier alpha value is -1.88. The van der Waals surface area contributed by atoms with E-state index in [9.17, 15) is 9.90 Å². The zero-order valence-electron chi connectivity index (χ0n) is 14.0. The molecule has 1 aliphatic rings. The molecule has 0 saturated carbocycles. The minimum Gasteiger partial charge on any atom is -0.478 e. The van der Waals surface area contributed by atoms with Crippen LogP contribution in [-0.4, -0.2) is 47.9 Å². The number of rotatable bonds is 6. The van der Waals surface area contributed by atoms with Crippen LogP contribution in [0.4, 0.5) is 0 Å². The minimum atomic E-state index is -0.916. The molecule has 1 heterocycles. The number of hydrogen-bond donors (Lipinski definition) is 2. The monoisotopic (exact) mass is 305 g/mol. The van der Waals surface area contributed by atoms with Crippen molar-refractivity contribution in [1.29, 1.82) is 0 Å². The van der Waals surface area contributed by atoms with Crippen LogP contribution in [0.15, 0.2) is 40.2 Å². The van der Waals surface area contributed by atoms with Crippen LogP contribution in [0, 0.1) is 0 Å². The molecule has 0 aromatic rings. The lowest BCUT2D eigenvalue weighted by Crippen LogP contribution is -2.43. The molecule has 0 amide bonds. The lowest BCUT2D eigenvalue weighted by atomic mass is 9.98. The Morgan fingerprint density at radius 1 is 1.32 bits per heavy atom. The molecule has 0 spiro atoms. The summed E-state index contributed by atoms with van der Waals surface area (Å²) in [5.74, 6) is -0.916. The number of piperazine rings is 1. The Bertz CT molecular complexity index is 510. The summed E-state index contributed by atoms with van der Waals surface area (Å²) in [5, 5.41) is 12.8. The Morgan fingerprint density at radius 3 is 2.45 bits per heavy atom. The summed E-state index contributed by atoms with van der Waals surface area (Å²) in [6, 6.07) is 0. The van der Waals surface area contributed by atoms with Gasteiger partial charge in [0.05, 0.1) is 5.57 Å². The van der Waals surface area contributed by atoms with E-state index in [2.05, 4.69) is 15.2 Å². The fourth-order valence-electron chi connectivity index (χ4n) is 2.52. The topological polar surface area (TPSA) is 64.9 Å². The van der Waals surface area contributed by atoms with Crippen LogP contribution in [0.3, 0.4) is 0 Å². The average molecular weight is 305 g/mol. The predicted molar refractivity (Wildman–Crippen MR) is 91.1 cm³/mol. The van der Waals surface area contributed by atoms with Gasteiger partial charge in [-0.2, -0.15) is 0 Å². The molecule has 0 atom stereocenters. The van der Waals surface area contributed by atoms with Gasteiger partial charge in [-0.25, -0.2) is 4.79 Å². The number of nitrogens with one attached hydrogen (secondary N) is 1. The summed E-state index contributed by atoms with van der Waals surface area (Å²) in [6.07, 6.45) is 6.25. The van der Waals surface area contributed by atoms with E-state index in [0.717, 1.165) is 49.6 Å². The van der Waals surface area contributed by atoms with Gasteiger partial charge in [-0.05, 0) is 27.2 Å². The molecule has 0 aromatic carbocycles. The molecule has 0 aromatic heterocycles. The molecule has 0 unspecified atom stereocenters. The molecular weight excluding hydrogens is 278 g/mol. The summed E-state index contributed by atoms with van der Waals surface area (Å²) in [7, 11) is 0. The second-order valence-corrected chi connectivity index (χ2v) is 5.21. The van der Waals surface area contributed by atoms with E-state index in [4.69, 9.17) is 0 Å². The molecule has 5 heteroatoms. The summed E-state index contributed by atoms with van der Waals surface area (Å²) in [4.78, 5) is 18.2. The zero-order valence-corrected chi connectivity index (χ0v) is 14.0. The van der Waals surface area contributed by atoms with Crippen molar-refractivity contribution >= 4 is 11.7 Å².